The van der Waals surface area contributed by atoms with Gasteiger partial charge in [-0.25, -0.2) is 0 Å². The van der Waals surface area contributed by atoms with Crippen molar-refractivity contribution in [1.29, 1.82) is 0 Å². The Morgan fingerprint density at radius 2 is 1.52 bits per heavy atom. The summed E-state index contributed by atoms with van der Waals surface area (Å²) in [5.41, 5.74) is 7.67. The number of fused-ring (bicyclic) bond motifs is 2. The zero-order valence-electron chi connectivity index (χ0n) is 23.5. The fourth-order valence-corrected chi connectivity index (χ4v) is 6.10. The minimum atomic E-state index is -0.0465. The second kappa shape index (κ2) is 10.8. The summed E-state index contributed by atoms with van der Waals surface area (Å²) in [5, 5.41) is 0. The van der Waals surface area contributed by atoms with Crippen LogP contribution >= 0.6 is 0 Å². The van der Waals surface area contributed by atoms with Crippen molar-refractivity contribution >= 4 is 17.5 Å². The first-order valence-electron chi connectivity index (χ1n) is 14.1. The molecule has 2 aliphatic rings. The SMILES string of the molecule is Cc1ccccc1-c1ccc(C(=O)N2Cc3ccc(C(=O)N(C)C4CCN(C)CC4)n3Cc3ccccc32)cc1. The molecule has 6 heteroatoms. The second-order valence-electron chi connectivity index (χ2n) is 11.2. The van der Waals surface area contributed by atoms with Crippen LogP contribution < -0.4 is 4.90 Å². The number of anilines is 1. The Morgan fingerprint density at radius 3 is 2.27 bits per heavy atom. The van der Waals surface area contributed by atoms with Gasteiger partial charge in [0.1, 0.15) is 5.69 Å². The number of benzene rings is 3. The standard InChI is InChI=1S/C34H36N4O2/c1-24-8-4-6-10-30(24)25-12-14-26(15-13-25)33(39)38-23-29-16-17-32(37(29)22-27-9-5-7-11-31(27)38)34(40)36(3)28-18-20-35(2)21-19-28/h4-17,28H,18-23H2,1-3H3. The van der Waals surface area contributed by atoms with Gasteiger partial charge in [0.05, 0.1) is 13.1 Å². The van der Waals surface area contributed by atoms with Crippen LogP contribution in [0, 0.1) is 6.92 Å². The number of rotatable bonds is 4. The van der Waals surface area contributed by atoms with E-state index in [1.165, 1.54) is 11.1 Å². The third kappa shape index (κ3) is 4.84. The van der Waals surface area contributed by atoms with E-state index >= 15 is 0 Å². The summed E-state index contributed by atoms with van der Waals surface area (Å²) in [6, 6.07) is 28.4. The zero-order valence-corrected chi connectivity index (χ0v) is 23.5. The molecule has 0 atom stereocenters. The highest BCUT2D eigenvalue weighted by atomic mass is 16.2. The van der Waals surface area contributed by atoms with Crippen molar-refractivity contribution in [3.8, 4) is 11.1 Å². The molecule has 204 valence electrons. The molecule has 3 aromatic carbocycles. The highest BCUT2D eigenvalue weighted by Crippen LogP contribution is 2.32. The van der Waals surface area contributed by atoms with Crippen molar-refractivity contribution < 1.29 is 9.59 Å². The molecule has 1 aromatic heterocycles. The lowest BCUT2D eigenvalue weighted by Crippen LogP contribution is -2.45. The number of carbonyl (C=O) groups excluding carboxylic acids is 2. The van der Waals surface area contributed by atoms with Crippen LogP contribution in [0.3, 0.4) is 0 Å². The van der Waals surface area contributed by atoms with Gasteiger partial charge < -0.3 is 19.3 Å². The molecular weight excluding hydrogens is 496 g/mol. The molecule has 4 aromatic rings. The maximum absolute atomic E-state index is 14.0. The highest BCUT2D eigenvalue weighted by Gasteiger charge is 2.30. The number of carbonyl (C=O) groups is 2. The number of para-hydroxylation sites is 1. The van der Waals surface area contributed by atoms with Gasteiger partial charge in [-0.15, -0.1) is 0 Å². The topological polar surface area (TPSA) is 48.8 Å². The molecule has 0 saturated carbocycles. The van der Waals surface area contributed by atoms with Gasteiger partial charge in [-0.05, 0) is 92.5 Å². The number of likely N-dealkylation sites (tertiary alicyclic amines) is 1. The smallest absolute Gasteiger partial charge is 0.270 e. The number of aryl methyl sites for hydroxylation is 1. The fourth-order valence-electron chi connectivity index (χ4n) is 6.10. The molecule has 6 rings (SSSR count). The van der Waals surface area contributed by atoms with E-state index in [9.17, 15) is 9.59 Å². The molecule has 3 heterocycles. The summed E-state index contributed by atoms with van der Waals surface area (Å²) in [5.74, 6) is -0.000362. The number of hydrogen-bond donors (Lipinski definition) is 0. The highest BCUT2D eigenvalue weighted by molar-refractivity contribution is 6.07. The summed E-state index contributed by atoms with van der Waals surface area (Å²) in [6.07, 6.45) is 1.97. The largest absolute Gasteiger partial charge is 0.337 e. The van der Waals surface area contributed by atoms with E-state index in [1.54, 1.807) is 0 Å². The van der Waals surface area contributed by atoms with Gasteiger partial charge in [-0.1, -0.05) is 54.6 Å². The molecule has 1 saturated heterocycles. The number of nitrogens with zero attached hydrogens (tertiary/aromatic N) is 4. The first-order chi connectivity index (χ1) is 19.4. The summed E-state index contributed by atoms with van der Waals surface area (Å²) >= 11 is 0. The first-order valence-corrected chi connectivity index (χ1v) is 14.1. The van der Waals surface area contributed by atoms with Crippen LogP contribution in [-0.2, 0) is 13.1 Å². The predicted octanol–water partition coefficient (Wildman–Crippen LogP) is 5.84. The number of hydrogen-bond acceptors (Lipinski definition) is 3. The van der Waals surface area contributed by atoms with E-state index in [0.29, 0.717) is 24.3 Å². The maximum atomic E-state index is 14.0. The number of amides is 2. The molecule has 0 radical (unpaired) electrons. The molecule has 2 amide bonds. The van der Waals surface area contributed by atoms with Crippen LogP contribution in [0.25, 0.3) is 11.1 Å². The molecule has 1 fully saturated rings. The van der Waals surface area contributed by atoms with Gasteiger partial charge in [-0.3, -0.25) is 9.59 Å². The molecule has 40 heavy (non-hydrogen) atoms. The molecule has 0 bridgehead atoms. The van der Waals surface area contributed by atoms with E-state index in [2.05, 4.69) is 41.6 Å². The van der Waals surface area contributed by atoms with Crippen molar-refractivity contribution in [2.45, 2.75) is 38.9 Å². The molecule has 0 aliphatic carbocycles. The average molecular weight is 533 g/mol. The van der Waals surface area contributed by atoms with Gasteiger partial charge in [0.2, 0.25) is 0 Å². The first kappa shape index (κ1) is 26.1. The molecular formula is C34H36N4O2. The van der Waals surface area contributed by atoms with Crippen LogP contribution in [0.2, 0.25) is 0 Å². The predicted molar refractivity (Wildman–Crippen MR) is 160 cm³/mol. The van der Waals surface area contributed by atoms with E-state index < -0.39 is 0 Å². The maximum Gasteiger partial charge on any atom is 0.270 e. The minimum Gasteiger partial charge on any atom is -0.337 e. The lowest BCUT2D eigenvalue weighted by molar-refractivity contribution is 0.0649. The van der Waals surface area contributed by atoms with Gasteiger partial charge in [0.25, 0.3) is 11.8 Å². The lowest BCUT2D eigenvalue weighted by Gasteiger charge is -2.35. The lowest BCUT2D eigenvalue weighted by atomic mass is 9.99. The second-order valence-corrected chi connectivity index (χ2v) is 11.2. The van der Waals surface area contributed by atoms with Crippen molar-refractivity contribution in [3.05, 3.63) is 113 Å². The van der Waals surface area contributed by atoms with E-state index in [1.807, 2.05) is 83.6 Å². The Hall–Kier alpha value is -4.16. The van der Waals surface area contributed by atoms with Gasteiger partial charge >= 0.3 is 0 Å². The number of aromatic nitrogens is 1. The van der Waals surface area contributed by atoms with Crippen molar-refractivity contribution in [3.63, 3.8) is 0 Å². The Balaban J connectivity index is 1.29. The van der Waals surface area contributed by atoms with E-state index in [-0.39, 0.29) is 17.9 Å². The van der Waals surface area contributed by atoms with Crippen LogP contribution in [0.1, 0.15) is 50.5 Å². The minimum absolute atomic E-state index is 0.0462. The molecule has 2 aliphatic heterocycles. The van der Waals surface area contributed by atoms with Gasteiger partial charge in [-0.2, -0.15) is 0 Å². The van der Waals surface area contributed by atoms with Crippen LogP contribution in [0.5, 0.6) is 0 Å². The van der Waals surface area contributed by atoms with Crippen LogP contribution in [-0.4, -0.2) is 59.4 Å². The Bertz CT molecular complexity index is 1550. The fraction of sp³-hybridized carbons (Fsp3) is 0.294. The Morgan fingerprint density at radius 1 is 0.825 bits per heavy atom. The van der Waals surface area contributed by atoms with Gasteiger partial charge in [0.15, 0.2) is 0 Å². The third-order valence-corrected chi connectivity index (χ3v) is 8.61. The van der Waals surface area contributed by atoms with E-state index in [4.69, 9.17) is 0 Å². The monoisotopic (exact) mass is 532 g/mol. The molecule has 0 N–H and O–H groups in total. The van der Waals surface area contributed by atoms with Crippen LogP contribution in [0.4, 0.5) is 5.69 Å². The van der Waals surface area contributed by atoms with E-state index in [0.717, 1.165) is 48.4 Å². The van der Waals surface area contributed by atoms with Crippen molar-refractivity contribution in [2.24, 2.45) is 0 Å². The Labute approximate surface area is 236 Å². The quantitative estimate of drug-likeness (QED) is 0.332. The summed E-state index contributed by atoms with van der Waals surface area (Å²) in [6.45, 7) is 5.06. The Kier molecular flexibility index (Phi) is 7.03. The zero-order chi connectivity index (χ0) is 27.8. The summed E-state index contributed by atoms with van der Waals surface area (Å²) < 4.78 is 2.10. The molecule has 6 nitrogen and oxygen atoms in total. The summed E-state index contributed by atoms with van der Waals surface area (Å²) in [4.78, 5) is 33.8. The van der Waals surface area contributed by atoms with Crippen molar-refractivity contribution in [2.75, 3.05) is 32.1 Å². The third-order valence-electron chi connectivity index (χ3n) is 8.61. The number of piperidine rings is 1. The normalized spacial score (nSPS) is 15.7. The van der Waals surface area contributed by atoms with Crippen LogP contribution in [0.15, 0.2) is 84.9 Å². The average Bonchev–Trinajstić information content (AvgIpc) is 3.29. The van der Waals surface area contributed by atoms with Gasteiger partial charge in [0, 0.05) is 30.0 Å². The molecule has 0 unspecified atom stereocenters. The van der Waals surface area contributed by atoms with Crippen molar-refractivity contribution in [1.82, 2.24) is 14.4 Å². The molecule has 0 spiro atoms. The summed E-state index contributed by atoms with van der Waals surface area (Å²) in [7, 11) is 4.06.